The van der Waals surface area contributed by atoms with Gasteiger partial charge in [-0.3, -0.25) is 13.9 Å². The molecule has 0 aliphatic carbocycles. The van der Waals surface area contributed by atoms with E-state index in [0.29, 0.717) is 17.1 Å². The molecule has 0 heterocycles. The molecule has 0 radical (unpaired) electrons. The van der Waals surface area contributed by atoms with Gasteiger partial charge in [-0.25, -0.2) is 13.8 Å². The fourth-order valence-corrected chi connectivity index (χ4v) is 5.78. The maximum atomic E-state index is 13.5. The molecule has 44 heavy (non-hydrogen) atoms. The van der Waals surface area contributed by atoms with Gasteiger partial charge in [0, 0.05) is 0 Å². The van der Waals surface area contributed by atoms with Crippen LogP contribution in [0.2, 0.25) is 5.02 Å². The van der Waals surface area contributed by atoms with Crippen molar-refractivity contribution in [2.75, 3.05) is 24.6 Å². The summed E-state index contributed by atoms with van der Waals surface area (Å²) in [5, 5.41) is 7.03. The van der Waals surface area contributed by atoms with Crippen molar-refractivity contribution in [2.45, 2.75) is 17.9 Å². The van der Waals surface area contributed by atoms with E-state index in [9.17, 15) is 18.0 Å². The summed E-state index contributed by atoms with van der Waals surface area (Å²) in [6.45, 7) is 1.19. The van der Waals surface area contributed by atoms with Gasteiger partial charge in [0.1, 0.15) is 18.0 Å². The fourth-order valence-electron chi connectivity index (χ4n) is 4.10. The first kappa shape index (κ1) is 32.1. The van der Waals surface area contributed by atoms with E-state index in [4.69, 9.17) is 21.1 Å². The third-order valence-electron chi connectivity index (χ3n) is 6.37. The number of halogens is 1. The van der Waals surface area contributed by atoms with Crippen molar-refractivity contribution in [1.29, 1.82) is 0 Å². The van der Waals surface area contributed by atoms with Gasteiger partial charge in [-0.05, 0) is 72.6 Å². The number of hydrogen-bond donors (Lipinski definition) is 2. The summed E-state index contributed by atoms with van der Waals surface area (Å²) in [7, 11) is -2.68. The molecule has 10 nitrogen and oxygen atoms in total. The zero-order chi connectivity index (χ0) is 31.5. The molecule has 12 heteroatoms. The molecule has 4 aromatic carbocycles. The highest BCUT2D eigenvalue weighted by atomic mass is 35.5. The van der Waals surface area contributed by atoms with Gasteiger partial charge in [0.05, 0.1) is 35.0 Å². The number of nitrogens with zero attached hydrogens (tertiary/aromatic N) is 2. The number of rotatable bonds is 13. The summed E-state index contributed by atoms with van der Waals surface area (Å²) >= 11 is 6.25. The van der Waals surface area contributed by atoms with Gasteiger partial charge in [0.25, 0.3) is 21.8 Å². The molecular formula is C32H31ClN4O6S. The Morgan fingerprint density at radius 3 is 2.23 bits per heavy atom. The molecule has 0 saturated carbocycles. The number of hydrogen-bond acceptors (Lipinski definition) is 7. The van der Waals surface area contributed by atoms with Crippen molar-refractivity contribution < 1.29 is 27.5 Å². The van der Waals surface area contributed by atoms with Gasteiger partial charge in [-0.2, -0.15) is 5.10 Å². The Morgan fingerprint density at radius 1 is 0.932 bits per heavy atom. The standard InChI is InChI=1S/C32H31ClN4O6S/c1-23(25-9-5-3-6-10-25)35-32(39)22-43-27-16-13-24(14-17-27)20-34-36-31(38)21-37(26-15-18-30(42-2)29(33)19-26)44(40,41)28-11-7-4-8-12-28/h3-20,23H,21-22H2,1-2H3,(H,35,39)(H,36,38)/b34-20-/t23-/m0/s1. The maximum Gasteiger partial charge on any atom is 0.264 e. The van der Waals surface area contributed by atoms with Gasteiger partial charge >= 0.3 is 0 Å². The number of ether oxygens (including phenoxy) is 2. The SMILES string of the molecule is COc1ccc(N(CC(=O)N/N=C\c2ccc(OCC(=O)N[C@@H](C)c3ccccc3)cc2)S(=O)(=O)c2ccccc2)cc1Cl. The molecule has 2 amide bonds. The maximum absolute atomic E-state index is 13.5. The van der Waals surface area contributed by atoms with E-state index < -0.39 is 22.5 Å². The summed E-state index contributed by atoms with van der Waals surface area (Å²) in [6.07, 6.45) is 1.40. The van der Waals surface area contributed by atoms with Crippen LogP contribution in [-0.4, -0.2) is 46.7 Å². The first-order valence-electron chi connectivity index (χ1n) is 13.5. The first-order chi connectivity index (χ1) is 21.2. The lowest BCUT2D eigenvalue weighted by Crippen LogP contribution is -2.39. The van der Waals surface area contributed by atoms with Crippen LogP contribution in [0.5, 0.6) is 11.5 Å². The van der Waals surface area contributed by atoms with Crippen LogP contribution < -0.4 is 24.5 Å². The van der Waals surface area contributed by atoms with Gasteiger partial charge < -0.3 is 14.8 Å². The van der Waals surface area contributed by atoms with E-state index in [1.165, 1.54) is 43.7 Å². The summed E-state index contributed by atoms with van der Waals surface area (Å²) in [4.78, 5) is 25.1. The Morgan fingerprint density at radius 2 is 1.59 bits per heavy atom. The molecule has 4 aromatic rings. The lowest BCUT2D eigenvalue weighted by atomic mass is 10.1. The number of benzene rings is 4. The van der Waals surface area contributed by atoms with Crippen molar-refractivity contribution in [3.8, 4) is 11.5 Å². The van der Waals surface area contributed by atoms with E-state index >= 15 is 0 Å². The molecule has 0 fully saturated rings. The summed E-state index contributed by atoms with van der Waals surface area (Å²) in [6, 6.07) is 28.4. The number of hydrazone groups is 1. The highest BCUT2D eigenvalue weighted by molar-refractivity contribution is 7.92. The minimum absolute atomic E-state index is 0.00809. The Kier molecular flexibility index (Phi) is 11.0. The molecule has 2 N–H and O–H groups in total. The van der Waals surface area contributed by atoms with Crippen LogP contribution in [0.25, 0.3) is 0 Å². The van der Waals surface area contributed by atoms with Crippen molar-refractivity contribution >= 4 is 45.3 Å². The quantitative estimate of drug-likeness (QED) is 0.158. The molecule has 0 aromatic heterocycles. The minimum atomic E-state index is -4.12. The third kappa shape index (κ3) is 8.59. The van der Waals surface area contributed by atoms with E-state index in [2.05, 4.69) is 15.8 Å². The highest BCUT2D eigenvalue weighted by Gasteiger charge is 2.27. The molecule has 0 bridgehead atoms. The number of nitrogens with one attached hydrogen (secondary N) is 2. The van der Waals surface area contributed by atoms with Gasteiger partial charge in [0.15, 0.2) is 6.61 Å². The van der Waals surface area contributed by atoms with Crippen LogP contribution in [0.4, 0.5) is 5.69 Å². The zero-order valence-electron chi connectivity index (χ0n) is 24.0. The average Bonchev–Trinajstić information content (AvgIpc) is 3.04. The molecule has 0 unspecified atom stereocenters. The number of sulfonamides is 1. The zero-order valence-corrected chi connectivity index (χ0v) is 25.6. The number of carbonyl (C=O) groups excluding carboxylic acids is 2. The smallest absolute Gasteiger partial charge is 0.264 e. The normalized spacial score (nSPS) is 11.9. The highest BCUT2D eigenvalue weighted by Crippen LogP contribution is 2.31. The second kappa shape index (κ2) is 15.0. The number of anilines is 1. The molecule has 4 rings (SSSR count). The van der Waals surface area contributed by atoms with Crippen LogP contribution in [0.3, 0.4) is 0 Å². The van der Waals surface area contributed by atoms with Crippen molar-refractivity contribution in [1.82, 2.24) is 10.7 Å². The van der Waals surface area contributed by atoms with Gasteiger partial charge in [-0.1, -0.05) is 60.1 Å². The van der Waals surface area contributed by atoms with Crippen molar-refractivity contribution in [2.24, 2.45) is 5.10 Å². The van der Waals surface area contributed by atoms with E-state index in [0.717, 1.165) is 9.87 Å². The van der Waals surface area contributed by atoms with Crippen LogP contribution in [-0.2, 0) is 19.6 Å². The van der Waals surface area contributed by atoms with Gasteiger partial charge in [0.2, 0.25) is 0 Å². The predicted octanol–water partition coefficient (Wildman–Crippen LogP) is 4.95. The molecule has 0 aliphatic heterocycles. The van der Waals surface area contributed by atoms with Crippen LogP contribution in [0.1, 0.15) is 24.1 Å². The summed E-state index contributed by atoms with van der Waals surface area (Å²) in [5.74, 6) is -0.0918. The largest absolute Gasteiger partial charge is 0.495 e. The monoisotopic (exact) mass is 634 g/mol. The summed E-state index contributed by atoms with van der Waals surface area (Å²) in [5.41, 5.74) is 4.17. The number of methoxy groups -OCH3 is 1. The second-order valence-corrected chi connectivity index (χ2v) is 11.8. The molecular weight excluding hydrogens is 604 g/mol. The van der Waals surface area contributed by atoms with Gasteiger partial charge in [-0.15, -0.1) is 0 Å². The Bertz CT molecular complexity index is 1700. The molecule has 1 atom stereocenters. The third-order valence-corrected chi connectivity index (χ3v) is 8.46. The molecule has 0 aliphatic rings. The second-order valence-electron chi connectivity index (χ2n) is 9.49. The van der Waals surface area contributed by atoms with E-state index in [-0.39, 0.29) is 34.2 Å². The topological polar surface area (TPSA) is 126 Å². The molecule has 0 saturated heterocycles. The number of carbonyl (C=O) groups is 2. The van der Waals surface area contributed by atoms with Crippen LogP contribution in [0.15, 0.2) is 113 Å². The minimum Gasteiger partial charge on any atom is -0.495 e. The lowest BCUT2D eigenvalue weighted by molar-refractivity contribution is -0.123. The lowest BCUT2D eigenvalue weighted by Gasteiger charge is -2.24. The predicted molar refractivity (Wildman–Crippen MR) is 170 cm³/mol. The van der Waals surface area contributed by atoms with Crippen molar-refractivity contribution in [3.05, 3.63) is 119 Å². The Hall–Kier alpha value is -4.87. The summed E-state index contributed by atoms with van der Waals surface area (Å²) < 4.78 is 38.6. The first-order valence-corrected chi connectivity index (χ1v) is 15.3. The average molecular weight is 635 g/mol. The van der Waals surface area contributed by atoms with Crippen LogP contribution in [0, 0.1) is 0 Å². The molecule has 0 spiro atoms. The number of amides is 2. The van der Waals surface area contributed by atoms with E-state index in [1.807, 2.05) is 37.3 Å². The fraction of sp³-hybridized carbons (Fsp3) is 0.156. The Labute approximate surface area is 261 Å². The van der Waals surface area contributed by atoms with Crippen LogP contribution >= 0.6 is 11.6 Å². The van der Waals surface area contributed by atoms with Crippen molar-refractivity contribution in [3.63, 3.8) is 0 Å². The molecule has 228 valence electrons. The Balaban J connectivity index is 1.35. The van der Waals surface area contributed by atoms with E-state index in [1.54, 1.807) is 42.5 Å².